The Bertz CT molecular complexity index is 1150. The van der Waals surface area contributed by atoms with Crippen molar-refractivity contribution in [3.63, 3.8) is 0 Å². The number of ether oxygens (including phenoxy) is 1. The molecule has 2 heterocycles. The lowest BCUT2D eigenvalue weighted by Crippen LogP contribution is -2.43. The van der Waals surface area contributed by atoms with E-state index in [0.29, 0.717) is 11.4 Å². The quantitative estimate of drug-likeness (QED) is 0.579. The number of Topliss-reactive ketones (excluding diaryl/α,β-unsaturated/α-hetero) is 1. The molecule has 30 heavy (non-hydrogen) atoms. The largest absolute Gasteiger partial charge is 0.483 e. The predicted molar refractivity (Wildman–Crippen MR) is 107 cm³/mol. The molecular weight excluding hydrogens is 386 g/mol. The molecule has 0 amide bonds. The predicted octanol–water partition coefficient (Wildman–Crippen LogP) is 4.93. The first-order chi connectivity index (χ1) is 14.5. The highest BCUT2D eigenvalue weighted by Crippen LogP contribution is 2.46. The van der Waals surface area contributed by atoms with Gasteiger partial charge >= 0.3 is 0 Å². The Morgan fingerprint density at radius 2 is 1.77 bits per heavy atom. The molecule has 4 nitrogen and oxygen atoms in total. The number of carbonyl (C=O) groups excluding carboxylic acids is 1. The van der Waals surface area contributed by atoms with Gasteiger partial charge in [0.15, 0.2) is 5.78 Å². The summed E-state index contributed by atoms with van der Waals surface area (Å²) in [6, 6.07) is 11.2. The number of nitrogens with zero attached hydrogens (tertiary/aromatic N) is 2. The molecule has 1 aromatic heterocycles. The van der Waals surface area contributed by atoms with Crippen LogP contribution in [0.15, 0.2) is 60.9 Å². The Kier molecular flexibility index (Phi) is 4.42. The minimum atomic E-state index is -0.876. The summed E-state index contributed by atoms with van der Waals surface area (Å²) in [6.45, 7) is 0. The van der Waals surface area contributed by atoms with Crippen molar-refractivity contribution in [2.45, 2.75) is 31.3 Å². The molecule has 1 saturated carbocycles. The van der Waals surface area contributed by atoms with Gasteiger partial charge in [0.1, 0.15) is 23.0 Å². The Labute approximate surface area is 172 Å². The van der Waals surface area contributed by atoms with Crippen molar-refractivity contribution in [1.29, 1.82) is 0 Å². The smallest absolute Gasteiger partial charge is 0.174 e. The van der Waals surface area contributed by atoms with Crippen LogP contribution in [0.4, 0.5) is 8.78 Å². The van der Waals surface area contributed by atoms with Crippen molar-refractivity contribution < 1.29 is 18.3 Å². The standard InChI is InChI=1S/C24H18F2N2O2/c25-18-6-3-7-19(26)23(18)21(29)11-15-13-28-20(14-27-15)17-12-24(9-4-10-24)30-22-8-2-1-5-16(17)22/h1-3,5-8,12-14H,4,9-11H2. The number of benzene rings is 2. The van der Waals surface area contributed by atoms with Crippen LogP contribution in [0.2, 0.25) is 0 Å². The molecule has 1 aliphatic carbocycles. The Morgan fingerprint density at radius 1 is 1.00 bits per heavy atom. The molecule has 1 aliphatic heterocycles. The van der Waals surface area contributed by atoms with E-state index in [2.05, 4.69) is 16.0 Å². The second-order valence-corrected chi connectivity index (χ2v) is 7.66. The van der Waals surface area contributed by atoms with Gasteiger partial charge in [0.05, 0.1) is 29.6 Å². The fourth-order valence-corrected chi connectivity index (χ4v) is 3.95. The molecule has 3 aromatic rings. The van der Waals surface area contributed by atoms with Gasteiger partial charge in [-0.3, -0.25) is 14.8 Å². The van der Waals surface area contributed by atoms with E-state index in [-0.39, 0.29) is 12.0 Å². The summed E-state index contributed by atoms with van der Waals surface area (Å²) in [5.74, 6) is -1.60. The number of carbonyl (C=O) groups is 1. The SMILES string of the molecule is O=C(Cc1cnc(C2=CC3(CCC3)Oc3ccccc32)cn1)c1c(F)cccc1F. The van der Waals surface area contributed by atoms with Crippen molar-refractivity contribution in [2.24, 2.45) is 0 Å². The molecule has 0 bridgehead atoms. The zero-order chi connectivity index (χ0) is 20.7. The fraction of sp³-hybridized carbons (Fsp3) is 0.208. The molecule has 2 aliphatic rings. The molecule has 0 unspecified atom stereocenters. The molecule has 2 aromatic carbocycles. The second-order valence-electron chi connectivity index (χ2n) is 7.66. The third-order valence-electron chi connectivity index (χ3n) is 5.66. The highest BCUT2D eigenvalue weighted by atomic mass is 19.1. The van der Waals surface area contributed by atoms with Gasteiger partial charge < -0.3 is 4.74 Å². The van der Waals surface area contributed by atoms with Crippen molar-refractivity contribution in [1.82, 2.24) is 9.97 Å². The molecule has 1 spiro atoms. The van der Waals surface area contributed by atoms with E-state index in [4.69, 9.17) is 4.74 Å². The van der Waals surface area contributed by atoms with Gasteiger partial charge in [0.2, 0.25) is 0 Å². The summed E-state index contributed by atoms with van der Waals surface area (Å²) in [4.78, 5) is 21.2. The summed E-state index contributed by atoms with van der Waals surface area (Å²) >= 11 is 0. The van der Waals surface area contributed by atoms with Gasteiger partial charge in [-0.25, -0.2) is 8.78 Å². The number of ketones is 1. The Balaban J connectivity index is 1.43. The first-order valence-electron chi connectivity index (χ1n) is 9.84. The molecular formula is C24H18F2N2O2. The summed E-state index contributed by atoms with van der Waals surface area (Å²) in [7, 11) is 0. The topological polar surface area (TPSA) is 52.1 Å². The summed E-state index contributed by atoms with van der Waals surface area (Å²) < 4.78 is 33.9. The lowest BCUT2D eigenvalue weighted by molar-refractivity contribution is 0.0376. The molecule has 0 radical (unpaired) electrons. The lowest BCUT2D eigenvalue weighted by atomic mass is 9.76. The summed E-state index contributed by atoms with van der Waals surface area (Å²) in [5, 5.41) is 0. The zero-order valence-corrected chi connectivity index (χ0v) is 16.1. The van der Waals surface area contributed by atoms with Gasteiger partial charge in [-0.1, -0.05) is 24.3 Å². The summed E-state index contributed by atoms with van der Waals surface area (Å²) in [6.07, 6.45) is 8.00. The normalized spacial score (nSPS) is 16.3. The number of fused-ring (bicyclic) bond motifs is 1. The Morgan fingerprint density at radius 3 is 2.43 bits per heavy atom. The lowest BCUT2D eigenvalue weighted by Gasteiger charge is -2.43. The van der Waals surface area contributed by atoms with Crippen LogP contribution < -0.4 is 4.74 Å². The molecule has 0 saturated heterocycles. The van der Waals surface area contributed by atoms with E-state index in [1.54, 1.807) is 6.20 Å². The maximum atomic E-state index is 13.8. The van der Waals surface area contributed by atoms with E-state index in [0.717, 1.165) is 48.3 Å². The third-order valence-corrected chi connectivity index (χ3v) is 5.66. The highest BCUT2D eigenvalue weighted by Gasteiger charge is 2.41. The number of rotatable bonds is 4. The minimum absolute atomic E-state index is 0.228. The minimum Gasteiger partial charge on any atom is -0.483 e. The van der Waals surface area contributed by atoms with Crippen LogP contribution in [-0.2, 0) is 6.42 Å². The second kappa shape index (κ2) is 7.13. The van der Waals surface area contributed by atoms with Crippen LogP contribution in [0.5, 0.6) is 5.75 Å². The molecule has 6 heteroatoms. The number of halogens is 2. The average Bonchev–Trinajstić information content (AvgIpc) is 2.72. The van der Waals surface area contributed by atoms with Crippen LogP contribution in [0, 0.1) is 11.6 Å². The number of hydrogen-bond acceptors (Lipinski definition) is 4. The molecule has 0 atom stereocenters. The maximum Gasteiger partial charge on any atom is 0.174 e. The molecule has 150 valence electrons. The van der Waals surface area contributed by atoms with E-state index in [1.807, 2.05) is 24.3 Å². The zero-order valence-electron chi connectivity index (χ0n) is 16.1. The van der Waals surface area contributed by atoms with Gasteiger partial charge in [-0.05, 0) is 43.5 Å². The average molecular weight is 404 g/mol. The van der Waals surface area contributed by atoms with E-state index in [9.17, 15) is 13.6 Å². The van der Waals surface area contributed by atoms with E-state index < -0.39 is 23.0 Å². The van der Waals surface area contributed by atoms with E-state index in [1.165, 1.54) is 12.3 Å². The van der Waals surface area contributed by atoms with Gasteiger partial charge in [-0.15, -0.1) is 0 Å². The first-order valence-corrected chi connectivity index (χ1v) is 9.84. The third kappa shape index (κ3) is 3.18. The molecule has 0 N–H and O–H groups in total. The summed E-state index contributed by atoms with van der Waals surface area (Å²) in [5.41, 5.74) is 2.08. The first kappa shape index (κ1) is 18.6. The van der Waals surface area contributed by atoms with Crippen molar-refractivity contribution in [3.05, 3.63) is 95.1 Å². The van der Waals surface area contributed by atoms with Crippen molar-refractivity contribution in [3.8, 4) is 5.75 Å². The van der Waals surface area contributed by atoms with Gasteiger partial charge in [-0.2, -0.15) is 0 Å². The van der Waals surface area contributed by atoms with Crippen molar-refractivity contribution in [2.75, 3.05) is 0 Å². The van der Waals surface area contributed by atoms with Crippen molar-refractivity contribution >= 4 is 11.4 Å². The monoisotopic (exact) mass is 404 g/mol. The van der Waals surface area contributed by atoms with Crippen LogP contribution in [0.1, 0.15) is 46.6 Å². The van der Waals surface area contributed by atoms with Crippen LogP contribution in [0.3, 0.4) is 0 Å². The number of hydrogen-bond donors (Lipinski definition) is 0. The van der Waals surface area contributed by atoms with E-state index >= 15 is 0 Å². The maximum absolute atomic E-state index is 13.8. The molecule has 1 fully saturated rings. The molecule has 5 rings (SSSR count). The highest BCUT2D eigenvalue weighted by molar-refractivity contribution is 5.97. The van der Waals surface area contributed by atoms with Gasteiger partial charge in [0.25, 0.3) is 0 Å². The fourth-order valence-electron chi connectivity index (χ4n) is 3.95. The van der Waals surface area contributed by atoms with Crippen LogP contribution >= 0.6 is 0 Å². The number of aromatic nitrogens is 2. The van der Waals surface area contributed by atoms with Crippen LogP contribution in [-0.4, -0.2) is 21.4 Å². The van der Waals surface area contributed by atoms with Gasteiger partial charge in [0, 0.05) is 17.3 Å². The Hall–Kier alpha value is -3.41. The van der Waals surface area contributed by atoms with Crippen LogP contribution in [0.25, 0.3) is 5.57 Å². The number of para-hydroxylation sites is 1.